The van der Waals surface area contributed by atoms with Gasteiger partial charge in [0.2, 0.25) is 0 Å². The lowest BCUT2D eigenvalue weighted by molar-refractivity contribution is 0.395. The molecular weight excluding hydrogens is 282 g/mol. The number of hydrogen-bond acceptors (Lipinski definition) is 3. The van der Waals surface area contributed by atoms with Crippen LogP contribution in [0.15, 0.2) is 47.5 Å². The van der Waals surface area contributed by atoms with Crippen molar-refractivity contribution in [1.82, 2.24) is 4.90 Å². The Morgan fingerprint density at radius 1 is 1.14 bits per heavy atom. The summed E-state index contributed by atoms with van der Waals surface area (Å²) in [6.45, 7) is 5.88. The second kappa shape index (κ2) is 6.19. The first-order chi connectivity index (χ1) is 9.63. The minimum Gasteiger partial charge on any atom is -0.369 e. The molecule has 0 radical (unpaired) electrons. The van der Waals surface area contributed by atoms with Crippen LogP contribution in [-0.2, 0) is 13.1 Å². The Balaban J connectivity index is 0.00000161. The van der Waals surface area contributed by atoms with Crippen molar-refractivity contribution in [3.05, 3.63) is 64.7 Å². The SMILES string of the molecule is Cc1ccc(CN2Cc3ccccc3N=C2N)c(C)c1.Cl. The Bertz CT molecular complexity index is 679. The molecule has 2 aromatic rings. The third-order valence-electron chi connectivity index (χ3n) is 3.77. The zero-order valence-electron chi connectivity index (χ0n) is 12.3. The van der Waals surface area contributed by atoms with Crippen LogP contribution < -0.4 is 5.73 Å². The van der Waals surface area contributed by atoms with Crippen molar-refractivity contribution in [2.24, 2.45) is 10.7 Å². The molecule has 1 heterocycles. The highest BCUT2D eigenvalue weighted by Gasteiger charge is 2.17. The van der Waals surface area contributed by atoms with E-state index in [0.29, 0.717) is 5.96 Å². The second-order valence-corrected chi connectivity index (χ2v) is 5.38. The summed E-state index contributed by atoms with van der Waals surface area (Å²) in [5.41, 5.74) is 12.2. The number of nitrogens with zero attached hydrogens (tertiary/aromatic N) is 2. The molecule has 2 aromatic carbocycles. The molecule has 110 valence electrons. The van der Waals surface area contributed by atoms with Crippen molar-refractivity contribution in [3.63, 3.8) is 0 Å². The van der Waals surface area contributed by atoms with E-state index in [1.165, 1.54) is 22.3 Å². The number of benzene rings is 2. The zero-order valence-corrected chi connectivity index (χ0v) is 13.2. The number of aryl methyl sites for hydroxylation is 2. The molecule has 1 aliphatic heterocycles. The first kappa shape index (κ1) is 15.4. The quantitative estimate of drug-likeness (QED) is 0.919. The van der Waals surface area contributed by atoms with Crippen molar-refractivity contribution >= 4 is 24.1 Å². The number of guanidine groups is 1. The molecule has 0 bridgehead atoms. The molecule has 0 atom stereocenters. The zero-order chi connectivity index (χ0) is 14.1. The van der Waals surface area contributed by atoms with E-state index in [9.17, 15) is 0 Å². The third-order valence-corrected chi connectivity index (χ3v) is 3.77. The lowest BCUT2D eigenvalue weighted by Gasteiger charge is -2.28. The minimum atomic E-state index is 0. The van der Waals surface area contributed by atoms with Gasteiger partial charge >= 0.3 is 0 Å². The van der Waals surface area contributed by atoms with Gasteiger partial charge in [-0.15, -0.1) is 12.4 Å². The van der Waals surface area contributed by atoms with Crippen molar-refractivity contribution in [3.8, 4) is 0 Å². The number of nitrogens with two attached hydrogens (primary N) is 1. The summed E-state index contributed by atoms with van der Waals surface area (Å²) in [6.07, 6.45) is 0. The number of para-hydroxylation sites is 1. The minimum absolute atomic E-state index is 0. The summed E-state index contributed by atoms with van der Waals surface area (Å²) < 4.78 is 0. The highest BCUT2D eigenvalue weighted by Crippen LogP contribution is 2.26. The third kappa shape index (κ3) is 3.19. The van der Waals surface area contributed by atoms with Crippen LogP contribution in [-0.4, -0.2) is 10.9 Å². The van der Waals surface area contributed by atoms with Crippen LogP contribution in [0.3, 0.4) is 0 Å². The van der Waals surface area contributed by atoms with E-state index in [4.69, 9.17) is 5.73 Å². The van der Waals surface area contributed by atoms with E-state index in [-0.39, 0.29) is 12.4 Å². The average molecular weight is 302 g/mol. The standard InChI is InChI=1S/C17H19N3.ClH/c1-12-7-8-14(13(2)9-12)10-20-11-15-5-3-4-6-16(15)19-17(20)18;/h3-9H,10-11H2,1-2H3,(H2,18,19);1H. The summed E-state index contributed by atoms with van der Waals surface area (Å²) in [5, 5.41) is 0. The van der Waals surface area contributed by atoms with Crippen LogP contribution in [0.2, 0.25) is 0 Å². The molecule has 21 heavy (non-hydrogen) atoms. The lowest BCUT2D eigenvalue weighted by Crippen LogP contribution is -2.38. The van der Waals surface area contributed by atoms with Gasteiger partial charge in [0.05, 0.1) is 5.69 Å². The average Bonchev–Trinajstić information content (AvgIpc) is 2.42. The van der Waals surface area contributed by atoms with Gasteiger partial charge < -0.3 is 10.6 Å². The maximum atomic E-state index is 6.10. The van der Waals surface area contributed by atoms with E-state index in [1.54, 1.807) is 0 Å². The molecule has 1 aliphatic rings. The van der Waals surface area contributed by atoms with Crippen molar-refractivity contribution in [2.75, 3.05) is 0 Å². The van der Waals surface area contributed by atoms with Crippen LogP contribution >= 0.6 is 12.4 Å². The van der Waals surface area contributed by atoms with Gasteiger partial charge in [-0.2, -0.15) is 0 Å². The highest BCUT2D eigenvalue weighted by molar-refractivity contribution is 5.85. The molecule has 0 saturated heterocycles. The second-order valence-electron chi connectivity index (χ2n) is 5.38. The number of rotatable bonds is 2. The van der Waals surface area contributed by atoms with Crippen molar-refractivity contribution < 1.29 is 0 Å². The number of halogens is 1. The van der Waals surface area contributed by atoms with Crippen LogP contribution in [0, 0.1) is 13.8 Å². The topological polar surface area (TPSA) is 41.6 Å². The molecule has 0 amide bonds. The van der Waals surface area contributed by atoms with Gasteiger partial charge in [-0.1, -0.05) is 42.0 Å². The van der Waals surface area contributed by atoms with Gasteiger partial charge in [0.15, 0.2) is 5.96 Å². The molecular formula is C17H20ClN3. The van der Waals surface area contributed by atoms with Gasteiger partial charge in [-0.25, -0.2) is 4.99 Å². The van der Waals surface area contributed by atoms with E-state index in [2.05, 4.69) is 48.0 Å². The number of fused-ring (bicyclic) bond motifs is 1. The fourth-order valence-electron chi connectivity index (χ4n) is 2.60. The normalized spacial score (nSPS) is 13.2. The molecule has 0 saturated carbocycles. The largest absolute Gasteiger partial charge is 0.369 e. The van der Waals surface area contributed by atoms with E-state index in [0.717, 1.165) is 18.8 Å². The van der Waals surface area contributed by atoms with Crippen LogP contribution in [0.5, 0.6) is 0 Å². The smallest absolute Gasteiger partial charge is 0.197 e. The van der Waals surface area contributed by atoms with Gasteiger partial charge in [-0.05, 0) is 36.6 Å². The molecule has 3 nitrogen and oxygen atoms in total. The summed E-state index contributed by atoms with van der Waals surface area (Å²) in [6, 6.07) is 14.7. The van der Waals surface area contributed by atoms with E-state index >= 15 is 0 Å². The predicted octanol–water partition coefficient (Wildman–Crippen LogP) is 3.69. The van der Waals surface area contributed by atoms with Gasteiger partial charge in [0, 0.05) is 13.1 Å². The fraction of sp³-hybridized carbons (Fsp3) is 0.235. The Labute approximate surface area is 131 Å². The summed E-state index contributed by atoms with van der Waals surface area (Å²) in [4.78, 5) is 6.62. The molecule has 0 unspecified atom stereocenters. The predicted molar refractivity (Wildman–Crippen MR) is 90.1 cm³/mol. The molecule has 0 fully saturated rings. The molecule has 0 spiro atoms. The molecule has 0 aliphatic carbocycles. The van der Waals surface area contributed by atoms with Crippen molar-refractivity contribution in [2.45, 2.75) is 26.9 Å². The molecule has 4 heteroatoms. The Morgan fingerprint density at radius 2 is 1.90 bits per heavy atom. The Morgan fingerprint density at radius 3 is 2.67 bits per heavy atom. The van der Waals surface area contributed by atoms with Crippen molar-refractivity contribution in [1.29, 1.82) is 0 Å². The van der Waals surface area contributed by atoms with E-state index in [1.807, 2.05) is 18.2 Å². The number of aliphatic imine (C=N–C) groups is 1. The fourth-order valence-corrected chi connectivity index (χ4v) is 2.60. The summed E-state index contributed by atoms with van der Waals surface area (Å²) >= 11 is 0. The Kier molecular flexibility index (Phi) is 4.53. The molecule has 0 aromatic heterocycles. The molecule has 2 N–H and O–H groups in total. The molecule has 3 rings (SSSR count). The summed E-state index contributed by atoms with van der Waals surface area (Å²) in [5.74, 6) is 0.601. The Hall–Kier alpha value is -2.00. The van der Waals surface area contributed by atoms with Crippen LogP contribution in [0.1, 0.15) is 22.3 Å². The van der Waals surface area contributed by atoms with Gasteiger partial charge in [0.1, 0.15) is 0 Å². The number of hydrogen-bond donors (Lipinski definition) is 1. The lowest BCUT2D eigenvalue weighted by atomic mass is 10.0. The van der Waals surface area contributed by atoms with E-state index < -0.39 is 0 Å². The highest BCUT2D eigenvalue weighted by atomic mass is 35.5. The van der Waals surface area contributed by atoms with Crippen LogP contribution in [0.25, 0.3) is 0 Å². The maximum absolute atomic E-state index is 6.10. The first-order valence-electron chi connectivity index (χ1n) is 6.86. The van der Waals surface area contributed by atoms with Crippen LogP contribution in [0.4, 0.5) is 5.69 Å². The summed E-state index contributed by atoms with van der Waals surface area (Å²) in [7, 11) is 0. The van der Waals surface area contributed by atoms with Gasteiger partial charge in [-0.3, -0.25) is 0 Å². The first-order valence-corrected chi connectivity index (χ1v) is 6.86. The monoisotopic (exact) mass is 301 g/mol. The van der Waals surface area contributed by atoms with Gasteiger partial charge in [0.25, 0.3) is 0 Å². The maximum Gasteiger partial charge on any atom is 0.197 e.